The monoisotopic (exact) mass is 286 g/mol. The molecule has 0 radical (unpaired) electrons. The first-order chi connectivity index (χ1) is 8.87. The average molecular weight is 286 g/mol. The Hall–Kier alpha value is -0.850. The fourth-order valence-corrected chi connectivity index (χ4v) is 4.84. The molecule has 2 atom stereocenters. The Bertz CT molecular complexity index is 550. The summed E-state index contributed by atoms with van der Waals surface area (Å²) in [4.78, 5) is 0.276. The largest absolute Gasteiger partial charge is 0.465 e. The molecule has 2 N–H and O–H groups in total. The predicted octanol–water partition coefficient (Wildman–Crippen LogP) is 1.64. The van der Waals surface area contributed by atoms with E-state index in [-0.39, 0.29) is 10.9 Å². The van der Waals surface area contributed by atoms with Crippen LogP contribution in [0.5, 0.6) is 0 Å². The van der Waals surface area contributed by atoms with Gasteiger partial charge in [0.25, 0.3) is 0 Å². The first-order valence-corrected chi connectivity index (χ1v) is 8.11. The average Bonchev–Trinajstić information content (AvgIpc) is 2.68. The molecule has 1 aliphatic rings. The Kier molecular flexibility index (Phi) is 4.03. The van der Waals surface area contributed by atoms with Crippen molar-refractivity contribution in [3.05, 3.63) is 17.6 Å². The van der Waals surface area contributed by atoms with E-state index >= 15 is 0 Å². The van der Waals surface area contributed by atoms with E-state index in [1.807, 2.05) is 0 Å². The van der Waals surface area contributed by atoms with Gasteiger partial charge in [0.2, 0.25) is 10.0 Å². The van der Waals surface area contributed by atoms with E-state index in [0.717, 1.165) is 12.8 Å². The van der Waals surface area contributed by atoms with Gasteiger partial charge in [-0.05, 0) is 38.7 Å². The van der Waals surface area contributed by atoms with Gasteiger partial charge in [-0.2, -0.15) is 4.31 Å². The van der Waals surface area contributed by atoms with Gasteiger partial charge in [-0.3, -0.25) is 0 Å². The second kappa shape index (κ2) is 5.26. The maximum Gasteiger partial charge on any atom is 0.246 e. The number of aryl methyl sites for hydroxylation is 2. The predicted molar refractivity (Wildman–Crippen MR) is 73.3 cm³/mol. The van der Waals surface area contributed by atoms with Crippen LogP contribution in [0, 0.1) is 19.8 Å². The van der Waals surface area contributed by atoms with Gasteiger partial charge in [-0.25, -0.2) is 8.42 Å². The minimum Gasteiger partial charge on any atom is -0.465 e. The highest BCUT2D eigenvalue weighted by Gasteiger charge is 2.37. The minimum atomic E-state index is -3.51. The first-order valence-electron chi connectivity index (χ1n) is 6.67. The second-order valence-corrected chi connectivity index (χ2v) is 7.17. The lowest BCUT2D eigenvalue weighted by molar-refractivity contribution is 0.192. The third-order valence-corrected chi connectivity index (χ3v) is 5.92. The molecule has 1 saturated heterocycles. The summed E-state index contributed by atoms with van der Waals surface area (Å²) in [6.07, 6.45) is 1.91. The Morgan fingerprint density at radius 1 is 1.47 bits per heavy atom. The summed E-state index contributed by atoms with van der Waals surface area (Å²) < 4.78 is 32.4. The van der Waals surface area contributed by atoms with Gasteiger partial charge in [-0.1, -0.05) is 6.92 Å². The number of nitrogens with two attached hydrogens (primary N) is 1. The summed E-state index contributed by atoms with van der Waals surface area (Å²) in [5, 5.41) is 0. The van der Waals surface area contributed by atoms with Crippen molar-refractivity contribution >= 4 is 10.0 Å². The lowest BCUT2D eigenvalue weighted by atomic mass is 9.93. The van der Waals surface area contributed by atoms with Gasteiger partial charge >= 0.3 is 0 Å². The van der Waals surface area contributed by atoms with E-state index in [1.165, 1.54) is 0 Å². The van der Waals surface area contributed by atoms with Crippen LogP contribution >= 0.6 is 0 Å². The van der Waals surface area contributed by atoms with Crippen molar-refractivity contribution in [2.75, 3.05) is 13.1 Å². The van der Waals surface area contributed by atoms with Crippen molar-refractivity contribution in [3.63, 3.8) is 0 Å². The summed E-state index contributed by atoms with van der Waals surface area (Å²) in [5.41, 5.74) is 5.77. The normalized spacial score (nSPS) is 25.7. The number of piperidine rings is 1. The van der Waals surface area contributed by atoms with E-state index in [9.17, 15) is 8.42 Å². The van der Waals surface area contributed by atoms with Crippen LogP contribution in [0.1, 0.15) is 31.3 Å². The molecule has 19 heavy (non-hydrogen) atoms. The third kappa shape index (κ3) is 2.57. The van der Waals surface area contributed by atoms with E-state index in [4.69, 9.17) is 10.2 Å². The molecule has 1 aromatic heterocycles. The zero-order valence-corrected chi connectivity index (χ0v) is 12.5. The molecule has 2 rings (SSSR count). The molecule has 0 spiro atoms. The van der Waals surface area contributed by atoms with Crippen LogP contribution < -0.4 is 5.73 Å². The molecule has 0 unspecified atom stereocenters. The topological polar surface area (TPSA) is 76.5 Å². The zero-order chi connectivity index (χ0) is 14.2. The van der Waals surface area contributed by atoms with Crippen molar-refractivity contribution < 1.29 is 12.8 Å². The van der Waals surface area contributed by atoms with Gasteiger partial charge in [-0.15, -0.1) is 0 Å². The minimum absolute atomic E-state index is 0.117. The van der Waals surface area contributed by atoms with E-state index in [0.29, 0.717) is 30.5 Å². The molecule has 108 valence electrons. The molecule has 0 saturated carbocycles. The second-order valence-electron chi connectivity index (χ2n) is 5.32. The summed E-state index contributed by atoms with van der Waals surface area (Å²) in [5.74, 6) is 1.36. The van der Waals surface area contributed by atoms with Gasteiger partial charge in [0.1, 0.15) is 16.4 Å². The van der Waals surface area contributed by atoms with Gasteiger partial charge in [0.15, 0.2) is 0 Å². The van der Waals surface area contributed by atoms with Crippen LogP contribution in [-0.2, 0) is 10.0 Å². The number of sulfonamides is 1. The fourth-order valence-electron chi connectivity index (χ4n) is 2.85. The van der Waals surface area contributed by atoms with Crippen molar-refractivity contribution in [3.8, 4) is 0 Å². The molecule has 0 aliphatic carbocycles. The van der Waals surface area contributed by atoms with Crippen molar-refractivity contribution in [1.82, 2.24) is 4.31 Å². The maximum absolute atomic E-state index is 12.7. The fraction of sp³-hybridized carbons (Fsp3) is 0.692. The lowest BCUT2D eigenvalue weighted by Crippen LogP contribution is -2.51. The molecule has 0 aromatic carbocycles. The number of hydrogen-bond donors (Lipinski definition) is 1. The highest BCUT2D eigenvalue weighted by molar-refractivity contribution is 7.89. The van der Waals surface area contributed by atoms with Crippen molar-refractivity contribution in [1.29, 1.82) is 0 Å². The molecule has 0 amide bonds. The van der Waals surface area contributed by atoms with E-state index in [1.54, 1.807) is 24.2 Å². The Morgan fingerprint density at radius 3 is 2.68 bits per heavy atom. The molecular weight excluding hydrogens is 264 g/mol. The summed E-state index contributed by atoms with van der Waals surface area (Å²) in [6.45, 7) is 6.40. The zero-order valence-electron chi connectivity index (χ0n) is 11.7. The van der Waals surface area contributed by atoms with Crippen LogP contribution in [0.2, 0.25) is 0 Å². The SMILES string of the molecule is Cc1cc(S(=O)(=O)N2CCC[C@@H](C)[C@@H]2CN)c(C)o1. The number of hydrogen-bond acceptors (Lipinski definition) is 4. The Balaban J connectivity index is 2.40. The van der Waals surface area contributed by atoms with Crippen molar-refractivity contribution in [2.24, 2.45) is 11.7 Å². The van der Waals surface area contributed by atoms with Gasteiger partial charge in [0, 0.05) is 19.1 Å². The van der Waals surface area contributed by atoms with E-state index < -0.39 is 10.0 Å². The highest BCUT2D eigenvalue weighted by atomic mass is 32.2. The summed E-state index contributed by atoms with van der Waals surface area (Å²) in [6, 6.07) is 1.48. The summed E-state index contributed by atoms with van der Waals surface area (Å²) >= 11 is 0. The Labute approximate surface area is 114 Å². The molecular formula is C13H22N2O3S. The van der Waals surface area contributed by atoms with Crippen LogP contribution in [0.15, 0.2) is 15.4 Å². The standard InChI is InChI=1S/C13H22N2O3S/c1-9-5-4-6-15(12(9)8-14)19(16,17)13-7-10(2)18-11(13)3/h7,9,12H,4-6,8,14H2,1-3H3/t9-,12+/m1/s1. The first kappa shape index (κ1) is 14.6. The maximum atomic E-state index is 12.7. The lowest BCUT2D eigenvalue weighted by Gasteiger charge is -2.38. The van der Waals surface area contributed by atoms with Crippen LogP contribution in [0.3, 0.4) is 0 Å². The van der Waals surface area contributed by atoms with Crippen molar-refractivity contribution in [2.45, 2.75) is 44.6 Å². The van der Waals surface area contributed by atoms with Crippen LogP contribution in [-0.4, -0.2) is 31.9 Å². The number of furan rings is 1. The quantitative estimate of drug-likeness (QED) is 0.916. The molecule has 6 heteroatoms. The Morgan fingerprint density at radius 2 is 2.16 bits per heavy atom. The van der Waals surface area contributed by atoms with Gasteiger partial charge in [0.05, 0.1) is 0 Å². The van der Waals surface area contributed by atoms with Gasteiger partial charge < -0.3 is 10.2 Å². The molecule has 1 aliphatic heterocycles. The molecule has 1 fully saturated rings. The third-order valence-electron chi connectivity index (χ3n) is 3.89. The van der Waals surface area contributed by atoms with E-state index in [2.05, 4.69) is 6.92 Å². The highest BCUT2D eigenvalue weighted by Crippen LogP contribution is 2.30. The molecule has 1 aromatic rings. The van der Waals surface area contributed by atoms with Crippen LogP contribution in [0.25, 0.3) is 0 Å². The number of nitrogens with zero attached hydrogens (tertiary/aromatic N) is 1. The smallest absolute Gasteiger partial charge is 0.246 e. The number of rotatable bonds is 3. The molecule has 0 bridgehead atoms. The molecule has 5 nitrogen and oxygen atoms in total. The summed E-state index contributed by atoms with van der Waals surface area (Å²) in [7, 11) is -3.51. The van der Waals surface area contributed by atoms with Crippen LogP contribution in [0.4, 0.5) is 0 Å². The molecule has 2 heterocycles.